The van der Waals surface area contributed by atoms with Crippen molar-refractivity contribution in [3.8, 4) is 0 Å². The zero-order valence-electron chi connectivity index (χ0n) is 18.7. The van der Waals surface area contributed by atoms with E-state index in [0.717, 1.165) is 0 Å². The molecule has 2 amide bonds. The Kier molecular flexibility index (Phi) is 8.09. The number of amides is 2. The largest absolute Gasteiger partial charge is 0.463 e. The highest BCUT2D eigenvalue weighted by Crippen LogP contribution is 2.26. The van der Waals surface area contributed by atoms with Crippen LogP contribution >= 0.6 is 0 Å². The third-order valence-corrected chi connectivity index (χ3v) is 7.50. The van der Waals surface area contributed by atoms with Crippen LogP contribution in [0.4, 0.5) is 4.79 Å². The third-order valence-electron chi connectivity index (χ3n) is 5.58. The summed E-state index contributed by atoms with van der Waals surface area (Å²) in [4.78, 5) is 37.6. The molecule has 0 aliphatic carbocycles. The first-order valence-corrected chi connectivity index (χ1v) is 12.4. The highest BCUT2D eigenvalue weighted by Gasteiger charge is 2.39. The maximum absolute atomic E-state index is 13.1. The standard InChI is InChI=1S/C22H29N3O7S/c1-3-16-19(21(27)31-4-2)17(24-22(28)23-16)14-32-20(26)18-12-8-9-13-25(18)33(29,30)15-10-6-5-7-11-15/h5-7,10-11,16,18H,3-4,8-9,12-14H2,1-2H3,(H2,23,24,28)/t16-,18+/m1/s1. The van der Waals surface area contributed by atoms with E-state index in [1.54, 1.807) is 32.0 Å². The number of hydrogen-bond donors (Lipinski definition) is 2. The van der Waals surface area contributed by atoms with Crippen LogP contribution < -0.4 is 10.6 Å². The van der Waals surface area contributed by atoms with Crippen LogP contribution in [-0.2, 0) is 29.1 Å². The molecule has 3 rings (SSSR count). The Morgan fingerprint density at radius 2 is 1.85 bits per heavy atom. The number of sulfonamides is 1. The fraction of sp³-hybridized carbons (Fsp3) is 0.500. The van der Waals surface area contributed by atoms with E-state index in [9.17, 15) is 22.8 Å². The summed E-state index contributed by atoms with van der Waals surface area (Å²) in [5.41, 5.74) is 0.315. The van der Waals surface area contributed by atoms with Gasteiger partial charge >= 0.3 is 18.0 Å². The van der Waals surface area contributed by atoms with E-state index in [1.807, 2.05) is 0 Å². The molecule has 2 aliphatic heterocycles. The van der Waals surface area contributed by atoms with Crippen LogP contribution in [0.25, 0.3) is 0 Å². The first-order valence-electron chi connectivity index (χ1n) is 11.0. The van der Waals surface area contributed by atoms with Gasteiger partial charge in [0.15, 0.2) is 0 Å². The molecule has 2 N–H and O–H groups in total. The van der Waals surface area contributed by atoms with Gasteiger partial charge in [-0.3, -0.25) is 4.79 Å². The molecule has 180 valence electrons. The van der Waals surface area contributed by atoms with Gasteiger partial charge in [0.1, 0.15) is 12.6 Å². The van der Waals surface area contributed by atoms with Crippen molar-refractivity contribution in [3.63, 3.8) is 0 Å². The van der Waals surface area contributed by atoms with Gasteiger partial charge in [-0.25, -0.2) is 18.0 Å². The molecule has 0 radical (unpaired) electrons. The minimum absolute atomic E-state index is 0.105. The first-order chi connectivity index (χ1) is 15.8. The highest BCUT2D eigenvalue weighted by atomic mass is 32.2. The molecular weight excluding hydrogens is 450 g/mol. The van der Waals surface area contributed by atoms with Crippen LogP contribution in [-0.4, -0.2) is 62.5 Å². The zero-order chi connectivity index (χ0) is 24.0. The number of hydrogen-bond acceptors (Lipinski definition) is 7. The molecule has 0 bridgehead atoms. The van der Waals surface area contributed by atoms with Crippen molar-refractivity contribution in [3.05, 3.63) is 41.6 Å². The van der Waals surface area contributed by atoms with E-state index in [4.69, 9.17) is 9.47 Å². The van der Waals surface area contributed by atoms with Gasteiger partial charge < -0.3 is 20.1 Å². The molecule has 2 atom stereocenters. The van der Waals surface area contributed by atoms with Crippen LogP contribution in [0.3, 0.4) is 0 Å². The SMILES string of the molecule is CCOC(=O)C1=C(COC(=O)[C@@H]2CCCCN2S(=O)(=O)c2ccccc2)NC(=O)N[C@@H]1CC. The highest BCUT2D eigenvalue weighted by molar-refractivity contribution is 7.89. The Labute approximate surface area is 193 Å². The Morgan fingerprint density at radius 1 is 1.12 bits per heavy atom. The molecule has 1 saturated heterocycles. The number of urea groups is 1. The molecule has 0 unspecified atom stereocenters. The lowest BCUT2D eigenvalue weighted by Crippen LogP contribution is -2.52. The van der Waals surface area contributed by atoms with Crippen LogP contribution in [0.15, 0.2) is 46.5 Å². The van der Waals surface area contributed by atoms with Gasteiger partial charge in [-0.2, -0.15) is 4.31 Å². The molecule has 0 aromatic heterocycles. The number of piperidine rings is 1. The lowest BCUT2D eigenvalue weighted by Gasteiger charge is -2.33. The summed E-state index contributed by atoms with van der Waals surface area (Å²) in [5, 5.41) is 5.16. The Balaban J connectivity index is 1.81. The van der Waals surface area contributed by atoms with Crippen molar-refractivity contribution in [1.82, 2.24) is 14.9 Å². The first kappa shape index (κ1) is 24.7. The number of carbonyl (C=O) groups is 3. The normalized spacial score (nSPS) is 21.7. The molecule has 1 fully saturated rings. The summed E-state index contributed by atoms with van der Waals surface area (Å²) < 4.78 is 38.0. The van der Waals surface area contributed by atoms with E-state index in [-0.39, 0.29) is 35.9 Å². The molecule has 10 nitrogen and oxygen atoms in total. The number of carbonyl (C=O) groups excluding carboxylic acids is 3. The maximum Gasteiger partial charge on any atom is 0.338 e. The number of rotatable bonds is 8. The lowest BCUT2D eigenvalue weighted by atomic mass is 10.0. The predicted molar refractivity (Wildman–Crippen MR) is 118 cm³/mol. The van der Waals surface area contributed by atoms with Crippen LogP contribution in [0.1, 0.15) is 39.5 Å². The van der Waals surface area contributed by atoms with Crippen molar-refractivity contribution in [1.29, 1.82) is 0 Å². The second kappa shape index (κ2) is 10.8. The smallest absolute Gasteiger partial charge is 0.338 e. The summed E-state index contributed by atoms with van der Waals surface area (Å²) >= 11 is 0. The van der Waals surface area contributed by atoms with Gasteiger partial charge in [-0.1, -0.05) is 25.1 Å². The van der Waals surface area contributed by atoms with Crippen LogP contribution in [0.5, 0.6) is 0 Å². The Bertz CT molecular complexity index is 1020. The van der Waals surface area contributed by atoms with Crippen molar-refractivity contribution in [2.75, 3.05) is 19.8 Å². The van der Waals surface area contributed by atoms with Gasteiger partial charge in [0.25, 0.3) is 0 Å². The molecule has 1 aromatic carbocycles. The monoisotopic (exact) mass is 479 g/mol. The molecule has 2 aliphatic rings. The fourth-order valence-corrected chi connectivity index (χ4v) is 5.64. The van der Waals surface area contributed by atoms with Crippen molar-refractivity contribution in [2.24, 2.45) is 0 Å². The second-order valence-electron chi connectivity index (χ2n) is 7.72. The minimum atomic E-state index is -3.89. The Hall–Kier alpha value is -2.92. The van der Waals surface area contributed by atoms with Gasteiger partial charge in [0.05, 0.1) is 28.8 Å². The number of nitrogens with one attached hydrogen (secondary N) is 2. The van der Waals surface area contributed by atoms with E-state index in [0.29, 0.717) is 25.7 Å². The summed E-state index contributed by atoms with van der Waals surface area (Å²) in [5.74, 6) is -1.35. The molecule has 1 aromatic rings. The van der Waals surface area contributed by atoms with Crippen LogP contribution in [0.2, 0.25) is 0 Å². The average molecular weight is 480 g/mol. The lowest BCUT2D eigenvalue weighted by molar-refractivity contribution is -0.148. The van der Waals surface area contributed by atoms with E-state index < -0.39 is 40.1 Å². The molecule has 11 heteroatoms. The predicted octanol–water partition coefficient (Wildman–Crippen LogP) is 1.68. The van der Waals surface area contributed by atoms with Crippen molar-refractivity contribution >= 4 is 28.0 Å². The number of esters is 2. The quantitative estimate of drug-likeness (QED) is 0.542. The topological polar surface area (TPSA) is 131 Å². The summed E-state index contributed by atoms with van der Waals surface area (Å²) in [6, 6.07) is 5.83. The average Bonchev–Trinajstić information content (AvgIpc) is 2.82. The molecule has 33 heavy (non-hydrogen) atoms. The van der Waals surface area contributed by atoms with Gasteiger partial charge in [0, 0.05) is 6.54 Å². The second-order valence-corrected chi connectivity index (χ2v) is 9.61. The molecule has 0 spiro atoms. The van der Waals surface area contributed by atoms with Gasteiger partial charge in [-0.15, -0.1) is 0 Å². The van der Waals surface area contributed by atoms with Crippen molar-refractivity contribution < 1.29 is 32.3 Å². The van der Waals surface area contributed by atoms with Gasteiger partial charge in [-0.05, 0) is 44.7 Å². The minimum Gasteiger partial charge on any atom is -0.463 e. The molecular formula is C22H29N3O7S. The van der Waals surface area contributed by atoms with Crippen LogP contribution in [0, 0.1) is 0 Å². The van der Waals surface area contributed by atoms with E-state index in [2.05, 4.69) is 10.6 Å². The molecule has 0 saturated carbocycles. The van der Waals surface area contributed by atoms with Crippen molar-refractivity contribution in [2.45, 2.75) is 56.5 Å². The molecule has 2 heterocycles. The van der Waals surface area contributed by atoms with E-state index in [1.165, 1.54) is 16.4 Å². The third kappa shape index (κ3) is 5.53. The summed E-state index contributed by atoms with van der Waals surface area (Å²) in [7, 11) is -3.89. The van der Waals surface area contributed by atoms with E-state index >= 15 is 0 Å². The number of ether oxygens (including phenoxy) is 2. The summed E-state index contributed by atoms with van der Waals surface area (Å²) in [6.45, 7) is 3.43. The number of benzene rings is 1. The Morgan fingerprint density at radius 3 is 2.52 bits per heavy atom. The fourth-order valence-electron chi connectivity index (χ4n) is 3.97. The number of nitrogens with zero attached hydrogens (tertiary/aromatic N) is 1. The summed E-state index contributed by atoms with van der Waals surface area (Å²) in [6.07, 6.45) is 2.06. The maximum atomic E-state index is 13.1. The van der Waals surface area contributed by atoms with Gasteiger partial charge in [0.2, 0.25) is 10.0 Å². The zero-order valence-corrected chi connectivity index (χ0v) is 19.5.